The quantitative estimate of drug-likeness (QED) is 0.862. The molecule has 2 rings (SSSR count). The second kappa shape index (κ2) is 4.65. The molecule has 0 aliphatic rings. The molecule has 0 radical (unpaired) electrons. The number of halogens is 1. The zero-order valence-corrected chi connectivity index (χ0v) is 10.8. The summed E-state index contributed by atoms with van der Waals surface area (Å²) in [6, 6.07) is 9.46. The molecule has 0 atom stereocenters. The largest absolute Gasteiger partial charge is 0.439 e. The summed E-state index contributed by atoms with van der Waals surface area (Å²) in [5, 5.41) is 0. The van der Waals surface area contributed by atoms with Gasteiger partial charge in [-0.1, -0.05) is 6.07 Å². The van der Waals surface area contributed by atoms with Gasteiger partial charge in [-0.15, -0.1) is 0 Å². The minimum absolute atomic E-state index is 0.223. The van der Waals surface area contributed by atoms with E-state index in [2.05, 4.69) is 32.6 Å². The Morgan fingerprint density at radius 3 is 2.75 bits per heavy atom. The molecule has 1 aromatic carbocycles. The van der Waals surface area contributed by atoms with Gasteiger partial charge in [0.15, 0.2) is 0 Å². The maximum absolute atomic E-state index is 5.58. The van der Waals surface area contributed by atoms with Crippen molar-refractivity contribution in [2.24, 2.45) is 0 Å². The second-order valence-corrected chi connectivity index (χ2v) is 4.51. The highest BCUT2D eigenvalue weighted by Gasteiger charge is 2.02. The molecule has 1 aromatic heterocycles. The van der Waals surface area contributed by atoms with Crippen molar-refractivity contribution in [3.05, 3.63) is 39.6 Å². The lowest BCUT2D eigenvalue weighted by molar-refractivity contribution is 0.461. The van der Waals surface area contributed by atoms with Gasteiger partial charge in [0.2, 0.25) is 11.8 Å². The Balaban J connectivity index is 2.27. The normalized spacial score (nSPS) is 10.1. The summed E-state index contributed by atoms with van der Waals surface area (Å²) in [7, 11) is 0. The molecule has 0 unspecified atom stereocenters. The Morgan fingerprint density at radius 1 is 1.25 bits per heavy atom. The van der Waals surface area contributed by atoms with E-state index in [9.17, 15) is 0 Å². The zero-order valence-electron chi connectivity index (χ0n) is 8.64. The molecule has 0 saturated carbocycles. The summed E-state index contributed by atoms with van der Waals surface area (Å²) < 4.78 is 6.69. The van der Waals surface area contributed by atoms with Gasteiger partial charge in [0.05, 0.1) is 0 Å². The Bertz CT molecular complexity index is 496. The monoisotopic (exact) mass is 327 g/mol. The van der Waals surface area contributed by atoms with Crippen LogP contribution in [0.4, 0.5) is 5.95 Å². The fourth-order valence-electron chi connectivity index (χ4n) is 1.27. The van der Waals surface area contributed by atoms with Crippen molar-refractivity contribution in [1.82, 2.24) is 9.97 Å². The van der Waals surface area contributed by atoms with E-state index in [1.165, 1.54) is 0 Å². The van der Waals surface area contributed by atoms with Crippen LogP contribution in [-0.2, 0) is 0 Å². The molecule has 0 fully saturated rings. The molecule has 2 aromatic rings. The van der Waals surface area contributed by atoms with E-state index < -0.39 is 0 Å². The van der Waals surface area contributed by atoms with Crippen LogP contribution in [0.1, 0.15) is 5.69 Å². The molecule has 0 spiro atoms. The molecule has 5 heteroatoms. The molecule has 0 aliphatic heterocycles. The predicted molar refractivity (Wildman–Crippen MR) is 70.4 cm³/mol. The summed E-state index contributed by atoms with van der Waals surface area (Å²) in [5.74, 6) is 1.43. The Morgan fingerprint density at radius 2 is 2.06 bits per heavy atom. The van der Waals surface area contributed by atoms with Gasteiger partial charge in [-0.2, -0.15) is 4.98 Å². The molecule has 0 amide bonds. The standard InChI is InChI=1S/C11H10IN3O/c1-7-5-10(15-11(13)14-7)16-9-4-2-3-8(12)6-9/h2-6H,1H3,(H2,13,14,15). The number of hydrogen-bond donors (Lipinski definition) is 1. The molecular weight excluding hydrogens is 317 g/mol. The average molecular weight is 327 g/mol. The molecule has 4 nitrogen and oxygen atoms in total. The predicted octanol–water partition coefficient (Wildman–Crippen LogP) is 2.76. The number of anilines is 1. The lowest BCUT2D eigenvalue weighted by Gasteiger charge is -2.06. The fourth-order valence-corrected chi connectivity index (χ4v) is 1.78. The minimum Gasteiger partial charge on any atom is -0.439 e. The van der Waals surface area contributed by atoms with E-state index in [0.717, 1.165) is 15.0 Å². The molecule has 0 aliphatic carbocycles. The SMILES string of the molecule is Cc1cc(Oc2cccc(I)c2)nc(N)n1. The van der Waals surface area contributed by atoms with Crippen LogP contribution in [0.3, 0.4) is 0 Å². The number of hydrogen-bond acceptors (Lipinski definition) is 4. The van der Waals surface area contributed by atoms with Crippen LogP contribution in [0.15, 0.2) is 30.3 Å². The van der Waals surface area contributed by atoms with Crippen molar-refractivity contribution < 1.29 is 4.74 Å². The van der Waals surface area contributed by atoms with Crippen molar-refractivity contribution in [3.63, 3.8) is 0 Å². The Kier molecular flexibility index (Phi) is 3.23. The van der Waals surface area contributed by atoms with E-state index in [4.69, 9.17) is 10.5 Å². The third kappa shape index (κ3) is 2.82. The molecule has 1 heterocycles. The van der Waals surface area contributed by atoms with Gasteiger partial charge in [-0.05, 0) is 47.7 Å². The Hall–Kier alpha value is -1.37. The molecule has 16 heavy (non-hydrogen) atoms. The number of nitrogens with two attached hydrogens (primary N) is 1. The fraction of sp³-hybridized carbons (Fsp3) is 0.0909. The van der Waals surface area contributed by atoms with Crippen LogP contribution >= 0.6 is 22.6 Å². The van der Waals surface area contributed by atoms with Crippen LogP contribution in [0.5, 0.6) is 11.6 Å². The lowest BCUT2D eigenvalue weighted by atomic mass is 10.3. The smallest absolute Gasteiger partial charge is 0.224 e. The minimum atomic E-state index is 0.223. The average Bonchev–Trinajstić information content (AvgIpc) is 2.15. The maximum Gasteiger partial charge on any atom is 0.224 e. The first kappa shape index (κ1) is 11.1. The van der Waals surface area contributed by atoms with Crippen LogP contribution in [0.25, 0.3) is 0 Å². The van der Waals surface area contributed by atoms with Crippen LogP contribution in [0, 0.1) is 10.5 Å². The van der Waals surface area contributed by atoms with Crippen molar-refractivity contribution in [3.8, 4) is 11.6 Å². The third-order valence-electron chi connectivity index (χ3n) is 1.87. The number of aryl methyl sites for hydroxylation is 1. The van der Waals surface area contributed by atoms with Gasteiger partial charge >= 0.3 is 0 Å². The summed E-state index contributed by atoms with van der Waals surface area (Å²) in [6.07, 6.45) is 0. The summed E-state index contributed by atoms with van der Waals surface area (Å²) >= 11 is 2.22. The first-order chi connectivity index (χ1) is 7.63. The van der Waals surface area contributed by atoms with Gasteiger partial charge in [0.1, 0.15) is 5.75 Å². The van der Waals surface area contributed by atoms with E-state index in [0.29, 0.717) is 5.88 Å². The van der Waals surface area contributed by atoms with Crippen molar-refractivity contribution in [2.45, 2.75) is 6.92 Å². The van der Waals surface area contributed by atoms with E-state index in [1.54, 1.807) is 6.07 Å². The highest BCUT2D eigenvalue weighted by Crippen LogP contribution is 2.21. The Labute approximate surface area is 107 Å². The second-order valence-electron chi connectivity index (χ2n) is 3.27. The zero-order chi connectivity index (χ0) is 11.5. The molecule has 2 N–H and O–H groups in total. The van der Waals surface area contributed by atoms with Gasteiger partial charge < -0.3 is 10.5 Å². The summed E-state index contributed by atoms with van der Waals surface area (Å²) in [5.41, 5.74) is 6.32. The van der Waals surface area contributed by atoms with Crippen molar-refractivity contribution in [1.29, 1.82) is 0 Å². The van der Waals surface area contributed by atoms with Crippen LogP contribution in [-0.4, -0.2) is 9.97 Å². The summed E-state index contributed by atoms with van der Waals surface area (Å²) in [6.45, 7) is 1.85. The number of nitrogens with zero attached hydrogens (tertiary/aromatic N) is 2. The van der Waals surface area contributed by atoms with E-state index in [-0.39, 0.29) is 5.95 Å². The first-order valence-corrected chi connectivity index (χ1v) is 5.76. The van der Waals surface area contributed by atoms with Gasteiger partial charge in [0.25, 0.3) is 0 Å². The van der Waals surface area contributed by atoms with E-state index in [1.807, 2.05) is 31.2 Å². The number of ether oxygens (including phenoxy) is 1. The molecule has 82 valence electrons. The molecule has 0 saturated heterocycles. The topological polar surface area (TPSA) is 61.0 Å². The summed E-state index contributed by atoms with van der Waals surface area (Å²) in [4.78, 5) is 7.98. The van der Waals surface area contributed by atoms with Gasteiger partial charge in [-0.3, -0.25) is 0 Å². The number of benzene rings is 1. The van der Waals surface area contributed by atoms with Crippen LogP contribution in [0.2, 0.25) is 0 Å². The number of rotatable bonds is 2. The van der Waals surface area contributed by atoms with E-state index >= 15 is 0 Å². The number of aromatic nitrogens is 2. The van der Waals surface area contributed by atoms with Crippen molar-refractivity contribution >= 4 is 28.5 Å². The number of nitrogen functional groups attached to an aromatic ring is 1. The molecule has 0 bridgehead atoms. The van der Waals surface area contributed by atoms with Gasteiger partial charge in [0, 0.05) is 15.3 Å². The third-order valence-corrected chi connectivity index (χ3v) is 2.54. The maximum atomic E-state index is 5.58. The first-order valence-electron chi connectivity index (χ1n) is 4.68. The highest BCUT2D eigenvalue weighted by atomic mass is 127. The van der Waals surface area contributed by atoms with Crippen LogP contribution < -0.4 is 10.5 Å². The highest BCUT2D eigenvalue weighted by molar-refractivity contribution is 14.1. The molecular formula is C11H10IN3O. The van der Waals surface area contributed by atoms with Crippen molar-refractivity contribution in [2.75, 3.05) is 5.73 Å². The lowest BCUT2D eigenvalue weighted by Crippen LogP contribution is -1.98. The van der Waals surface area contributed by atoms with Gasteiger partial charge in [-0.25, -0.2) is 4.98 Å².